The summed E-state index contributed by atoms with van der Waals surface area (Å²) in [6.07, 6.45) is 4.32. The molecular weight excluding hydrogens is 322 g/mol. The Bertz CT molecular complexity index is 753. The number of aryl methyl sites for hydroxylation is 1. The molecule has 1 amide bonds. The average molecular weight is 343 g/mol. The van der Waals surface area contributed by atoms with Crippen molar-refractivity contribution in [3.8, 4) is 5.75 Å². The van der Waals surface area contributed by atoms with Crippen LogP contribution in [0.2, 0.25) is 0 Å². The maximum atomic E-state index is 12.3. The highest BCUT2D eigenvalue weighted by molar-refractivity contribution is 5.94. The van der Waals surface area contributed by atoms with Gasteiger partial charge in [-0.2, -0.15) is 4.98 Å². The summed E-state index contributed by atoms with van der Waals surface area (Å²) in [7, 11) is 0. The summed E-state index contributed by atoms with van der Waals surface area (Å²) >= 11 is 0. The van der Waals surface area contributed by atoms with Gasteiger partial charge in [-0.25, -0.2) is 0 Å². The number of rotatable bonds is 5. The molecule has 4 rings (SSSR count). The minimum Gasteiger partial charge on any atom is -0.493 e. The Morgan fingerprint density at radius 3 is 3.12 bits per heavy atom. The van der Waals surface area contributed by atoms with Gasteiger partial charge in [-0.3, -0.25) is 4.79 Å². The molecular formula is C18H21N3O4. The maximum absolute atomic E-state index is 12.3. The van der Waals surface area contributed by atoms with E-state index >= 15 is 0 Å². The minimum absolute atomic E-state index is 0.0754. The number of nitrogens with zero attached hydrogens (tertiary/aromatic N) is 2. The maximum Gasteiger partial charge on any atom is 0.255 e. The Morgan fingerprint density at radius 2 is 2.24 bits per heavy atom. The summed E-state index contributed by atoms with van der Waals surface area (Å²) in [4.78, 5) is 16.6. The fourth-order valence-corrected chi connectivity index (χ4v) is 3.16. The fraction of sp³-hybridized carbons (Fsp3) is 0.500. The largest absolute Gasteiger partial charge is 0.493 e. The molecule has 1 aromatic heterocycles. The molecule has 132 valence electrons. The van der Waals surface area contributed by atoms with E-state index in [0.717, 1.165) is 50.2 Å². The van der Waals surface area contributed by atoms with Gasteiger partial charge in [-0.15, -0.1) is 0 Å². The quantitative estimate of drug-likeness (QED) is 0.896. The van der Waals surface area contributed by atoms with Gasteiger partial charge in [0.1, 0.15) is 11.9 Å². The van der Waals surface area contributed by atoms with Crippen molar-refractivity contribution in [2.45, 2.75) is 38.2 Å². The van der Waals surface area contributed by atoms with Crippen molar-refractivity contribution in [1.82, 2.24) is 15.5 Å². The number of nitrogens with one attached hydrogen (secondary N) is 1. The molecule has 0 aliphatic carbocycles. The monoisotopic (exact) mass is 343 g/mol. The van der Waals surface area contributed by atoms with Gasteiger partial charge in [0.05, 0.1) is 6.61 Å². The number of ether oxygens (including phenoxy) is 2. The van der Waals surface area contributed by atoms with Crippen molar-refractivity contribution in [2.75, 3.05) is 19.8 Å². The van der Waals surface area contributed by atoms with Crippen LogP contribution in [0, 0.1) is 0 Å². The van der Waals surface area contributed by atoms with Crippen LogP contribution in [0.5, 0.6) is 5.75 Å². The SMILES string of the molecule is O=C(NCCc1noc([C@@H]2CCCO2)n1)c1ccc2c(c1)CCCO2. The molecule has 3 heterocycles. The van der Waals surface area contributed by atoms with Crippen molar-refractivity contribution >= 4 is 5.91 Å². The van der Waals surface area contributed by atoms with Crippen LogP contribution >= 0.6 is 0 Å². The van der Waals surface area contributed by atoms with Gasteiger partial charge in [-0.1, -0.05) is 5.16 Å². The first-order chi connectivity index (χ1) is 12.3. The van der Waals surface area contributed by atoms with E-state index in [0.29, 0.717) is 30.2 Å². The minimum atomic E-state index is -0.101. The third kappa shape index (κ3) is 3.66. The smallest absolute Gasteiger partial charge is 0.255 e. The van der Waals surface area contributed by atoms with Crippen molar-refractivity contribution in [1.29, 1.82) is 0 Å². The molecule has 25 heavy (non-hydrogen) atoms. The Hall–Kier alpha value is -2.41. The molecule has 1 fully saturated rings. The second-order valence-corrected chi connectivity index (χ2v) is 6.33. The predicted molar refractivity (Wildman–Crippen MR) is 88.5 cm³/mol. The topological polar surface area (TPSA) is 86.5 Å². The summed E-state index contributed by atoms with van der Waals surface area (Å²) < 4.78 is 16.3. The van der Waals surface area contributed by atoms with Gasteiger partial charge in [0.2, 0.25) is 0 Å². The average Bonchev–Trinajstić information content (AvgIpc) is 3.32. The Balaban J connectivity index is 1.30. The van der Waals surface area contributed by atoms with Gasteiger partial charge < -0.3 is 19.3 Å². The summed E-state index contributed by atoms with van der Waals surface area (Å²) in [5.41, 5.74) is 1.75. The molecule has 2 aliphatic rings. The van der Waals surface area contributed by atoms with Crippen LogP contribution in [-0.2, 0) is 17.6 Å². The molecule has 0 saturated carbocycles. The predicted octanol–water partition coefficient (Wildman–Crippen LogP) is 2.22. The lowest BCUT2D eigenvalue weighted by atomic mass is 10.0. The van der Waals surface area contributed by atoms with Crippen LogP contribution in [0.3, 0.4) is 0 Å². The Kier molecular flexibility index (Phi) is 4.65. The molecule has 2 aromatic rings. The molecule has 0 unspecified atom stereocenters. The molecule has 1 aromatic carbocycles. The molecule has 7 heteroatoms. The van der Waals surface area contributed by atoms with E-state index in [4.69, 9.17) is 14.0 Å². The lowest BCUT2D eigenvalue weighted by Gasteiger charge is -2.17. The number of benzene rings is 1. The zero-order chi connectivity index (χ0) is 17.1. The number of amides is 1. The van der Waals surface area contributed by atoms with Crippen LogP contribution in [0.15, 0.2) is 22.7 Å². The highest BCUT2D eigenvalue weighted by atomic mass is 16.5. The third-order valence-electron chi connectivity index (χ3n) is 4.49. The number of carbonyl (C=O) groups is 1. The molecule has 1 saturated heterocycles. The Morgan fingerprint density at radius 1 is 1.28 bits per heavy atom. The summed E-state index contributed by atoms with van der Waals surface area (Å²) in [6.45, 7) is 1.94. The summed E-state index contributed by atoms with van der Waals surface area (Å²) in [5.74, 6) is 1.91. The first-order valence-electron chi connectivity index (χ1n) is 8.77. The fourth-order valence-electron chi connectivity index (χ4n) is 3.16. The normalized spacial score (nSPS) is 19.3. The lowest BCUT2D eigenvalue weighted by Crippen LogP contribution is -2.26. The number of aromatic nitrogens is 2. The van der Waals surface area contributed by atoms with Crippen LogP contribution in [0.1, 0.15) is 53.0 Å². The highest BCUT2D eigenvalue weighted by Crippen LogP contribution is 2.27. The van der Waals surface area contributed by atoms with E-state index < -0.39 is 0 Å². The van der Waals surface area contributed by atoms with Crippen LogP contribution in [0.25, 0.3) is 0 Å². The van der Waals surface area contributed by atoms with Gasteiger partial charge in [0.15, 0.2) is 5.82 Å². The molecule has 0 radical (unpaired) electrons. The highest BCUT2D eigenvalue weighted by Gasteiger charge is 2.23. The standard InChI is InChI=1S/C18H21N3O4/c22-17(13-5-6-14-12(11-13)3-1-9-23-14)19-8-7-16-20-18(25-21-16)15-4-2-10-24-15/h5-6,11,15H,1-4,7-10H2,(H,19,22)/t15-/m0/s1. The number of hydrogen-bond donors (Lipinski definition) is 1. The molecule has 7 nitrogen and oxygen atoms in total. The van der Waals surface area contributed by atoms with Gasteiger partial charge in [-0.05, 0) is 49.4 Å². The van der Waals surface area contributed by atoms with Crippen molar-refractivity contribution in [2.24, 2.45) is 0 Å². The van der Waals surface area contributed by atoms with E-state index in [1.54, 1.807) is 6.07 Å². The number of fused-ring (bicyclic) bond motifs is 1. The molecule has 2 aliphatic heterocycles. The van der Waals surface area contributed by atoms with E-state index in [-0.39, 0.29) is 12.0 Å². The first kappa shape index (κ1) is 16.1. The molecule has 0 bridgehead atoms. The molecule has 0 spiro atoms. The summed E-state index contributed by atoms with van der Waals surface area (Å²) in [6, 6.07) is 5.58. The first-order valence-corrected chi connectivity index (χ1v) is 8.77. The zero-order valence-electron chi connectivity index (χ0n) is 14.0. The Labute approximate surface area is 145 Å². The van der Waals surface area contributed by atoms with E-state index in [9.17, 15) is 4.79 Å². The van der Waals surface area contributed by atoms with E-state index in [1.807, 2.05) is 12.1 Å². The van der Waals surface area contributed by atoms with Gasteiger partial charge >= 0.3 is 0 Å². The van der Waals surface area contributed by atoms with Crippen molar-refractivity contribution < 1.29 is 18.8 Å². The molecule has 1 atom stereocenters. The lowest BCUT2D eigenvalue weighted by molar-refractivity contribution is 0.0835. The van der Waals surface area contributed by atoms with Crippen LogP contribution in [-0.4, -0.2) is 35.8 Å². The summed E-state index contributed by atoms with van der Waals surface area (Å²) in [5, 5.41) is 6.85. The van der Waals surface area contributed by atoms with E-state index in [1.165, 1.54) is 0 Å². The zero-order valence-corrected chi connectivity index (χ0v) is 14.0. The third-order valence-corrected chi connectivity index (χ3v) is 4.49. The van der Waals surface area contributed by atoms with Crippen molar-refractivity contribution in [3.05, 3.63) is 41.0 Å². The van der Waals surface area contributed by atoms with Crippen LogP contribution < -0.4 is 10.1 Å². The van der Waals surface area contributed by atoms with Gasteiger partial charge in [0, 0.05) is 25.1 Å². The second kappa shape index (κ2) is 7.23. The van der Waals surface area contributed by atoms with Gasteiger partial charge in [0.25, 0.3) is 11.8 Å². The number of carbonyl (C=O) groups excluding carboxylic acids is 1. The van der Waals surface area contributed by atoms with Crippen LogP contribution in [0.4, 0.5) is 0 Å². The van der Waals surface area contributed by atoms with Crippen molar-refractivity contribution in [3.63, 3.8) is 0 Å². The molecule has 1 N–H and O–H groups in total. The van der Waals surface area contributed by atoms with E-state index in [2.05, 4.69) is 15.5 Å². The second-order valence-electron chi connectivity index (χ2n) is 6.33. The number of hydrogen-bond acceptors (Lipinski definition) is 6.